The number of nitrogens with one attached hydrogen (secondary N) is 1. The number of H-pyrrole nitrogens is 1. The molecule has 0 aliphatic rings. The van der Waals surface area contributed by atoms with Crippen molar-refractivity contribution in [3.05, 3.63) is 66.0 Å². The van der Waals surface area contributed by atoms with Crippen molar-refractivity contribution < 1.29 is 9.53 Å². The van der Waals surface area contributed by atoms with Gasteiger partial charge in [0, 0.05) is 6.54 Å². The Labute approximate surface area is 153 Å². The van der Waals surface area contributed by atoms with Crippen LogP contribution in [0.5, 0.6) is 0 Å². The third-order valence-corrected chi connectivity index (χ3v) is 4.12. The smallest absolute Gasteiger partial charge is 0.410 e. The van der Waals surface area contributed by atoms with E-state index in [1.54, 1.807) is 4.90 Å². The molecule has 0 fully saturated rings. The van der Waals surface area contributed by atoms with Gasteiger partial charge in [-0.05, 0) is 37.1 Å². The minimum Gasteiger partial charge on any atom is -0.445 e. The summed E-state index contributed by atoms with van der Waals surface area (Å²) in [6, 6.07) is 17.5. The number of benzene rings is 2. The SMILES string of the molecule is NCCCCN(Cc1nc2ccccc2[nH]1)C(=O)OCc1ccccc1. The van der Waals surface area contributed by atoms with E-state index < -0.39 is 0 Å². The van der Waals surface area contributed by atoms with Crippen LogP contribution in [0.25, 0.3) is 11.0 Å². The molecule has 6 heteroatoms. The first-order chi connectivity index (χ1) is 12.8. The van der Waals surface area contributed by atoms with Crippen molar-refractivity contribution in [1.82, 2.24) is 14.9 Å². The quantitative estimate of drug-likeness (QED) is 0.608. The predicted octanol–water partition coefficient (Wildman–Crippen LogP) is 3.44. The highest BCUT2D eigenvalue weighted by Gasteiger charge is 2.17. The van der Waals surface area contributed by atoms with Crippen LogP contribution in [0, 0.1) is 0 Å². The molecule has 0 spiro atoms. The Kier molecular flexibility index (Phi) is 6.22. The summed E-state index contributed by atoms with van der Waals surface area (Å²) in [5, 5.41) is 0. The van der Waals surface area contributed by atoms with Gasteiger partial charge in [-0.1, -0.05) is 42.5 Å². The van der Waals surface area contributed by atoms with E-state index in [2.05, 4.69) is 9.97 Å². The largest absolute Gasteiger partial charge is 0.445 e. The number of nitrogens with two attached hydrogens (primary N) is 1. The second-order valence-electron chi connectivity index (χ2n) is 6.16. The molecule has 0 saturated carbocycles. The van der Waals surface area contributed by atoms with Gasteiger partial charge >= 0.3 is 6.09 Å². The zero-order chi connectivity index (χ0) is 18.2. The van der Waals surface area contributed by atoms with E-state index in [1.807, 2.05) is 54.6 Å². The van der Waals surface area contributed by atoms with Gasteiger partial charge in [0.1, 0.15) is 12.4 Å². The van der Waals surface area contributed by atoms with Crippen LogP contribution < -0.4 is 5.73 Å². The molecule has 3 N–H and O–H groups in total. The average Bonchev–Trinajstić information content (AvgIpc) is 3.09. The van der Waals surface area contributed by atoms with E-state index in [0.717, 1.165) is 35.3 Å². The zero-order valence-electron chi connectivity index (χ0n) is 14.7. The Hall–Kier alpha value is -2.86. The van der Waals surface area contributed by atoms with Crippen molar-refractivity contribution in [3.63, 3.8) is 0 Å². The molecule has 136 valence electrons. The summed E-state index contributed by atoms with van der Waals surface area (Å²) < 4.78 is 5.48. The Morgan fingerprint density at radius 1 is 1.08 bits per heavy atom. The summed E-state index contributed by atoms with van der Waals surface area (Å²) >= 11 is 0. The number of rotatable bonds is 8. The minimum absolute atomic E-state index is 0.257. The van der Waals surface area contributed by atoms with Crippen LogP contribution in [-0.4, -0.2) is 34.1 Å². The number of hydrogen-bond acceptors (Lipinski definition) is 4. The Bertz CT molecular complexity index is 799. The normalized spacial score (nSPS) is 10.8. The molecule has 0 unspecified atom stereocenters. The maximum atomic E-state index is 12.6. The highest BCUT2D eigenvalue weighted by molar-refractivity contribution is 5.75. The van der Waals surface area contributed by atoms with Gasteiger partial charge in [-0.2, -0.15) is 0 Å². The molecule has 1 aromatic heterocycles. The lowest BCUT2D eigenvalue weighted by Gasteiger charge is -2.21. The van der Waals surface area contributed by atoms with E-state index in [0.29, 0.717) is 19.6 Å². The van der Waals surface area contributed by atoms with Crippen molar-refractivity contribution in [3.8, 4) is 0 Å². The molecule has 0 atom stereocenters. The van der Waals surface area contributed by atoms with Crippen molar-refractivity contribution in [1.29, 1.82) is 0 Å². The number of amides is 1. The lowest BCUT2D eigenvalue weighted by atomic mass is 10.2. The van der Waals surface area contributed by atoms with Crippen LogP contribution in [-0.2, 0) is 17.9 Å². The van der Waals surface area contributed by atoms with Crippen molar-refractivity contribution in [2.45, 2.75) is 26.0 Å². The predicted molar refractivity (Wildman–Crippen MR) is 101 cm³/mol. The second-order valence-corrected chi connectivity index (χ2v) is 6.16. The van der Waals surface area contributed by atoms with Crippen LogP contribution >= 0.6 is 0 Å². The maximum absolute atomic E-state index is 12.6. The number of aromatic amines is 1. The summed E-state index contributed by atoms with van der Waals surface area (Å²) in [6.45, 7) is 1.83. The molecule has 3 rings (SSSR count). The Morgan fingerprint density at radius 3 is 2.62 bits per heavy atom. The molecular formula is C20H24N4O2. The number of hydrogen-bond donors (Lipinski definition) is 2. The lowest BCUT2D eigenvalue weighted by molar-refractivity contribution is 0.0922. The summed E-state index contributed by atoms with van der Waals surface area (Å²) in [6.07, 6.45) is 1.35. The Morgan fingerprint density at radius 2 is 1.85 bits per heavy atom. The molecule has 0 saturated heterocycles. The zero-order valence-corrected chi connectivity index (χ0v) is 14.7. The standard InChI is InChI=1S/C20H24N4O2/c21-12-6-7-13-24(20(25)26-15-16-8-2-1-3-9-16)14-19-22-17-10-4-5-11-18(17)23-19/h1-5,8-11H,6-7,12-15,21H2,(H,22,23). The first-order valence-corrected chi connectivity index (χ1v) is 8.85. The van der Waals surface area contributed by atoms with Gasteiger partial charge in [0.05, 0.1) is 17.6 Å². The van der Waals surface area contributed by atoms with Gasteiger partial charge in [-0.15, -0.1) is 0 Å². The second kappa shape index (κ2) is 9.01. The molecule has 0 aliphatic carbocycles. The lowest BCUT2D eigenvalue weighted by Crippen LogP contribution is -2.32. The number of fused-ring (bicyclic) bond motifs is 1. The van der Waals surface area contributed by atoms with E-state index in [9.17, 15) is 4.79 Å². The average molecular weight is 352 g/mol. The van der Waals surface area contributed by atoms with Crippen molar-refractivity contribution in [2.75, 3.05) is 13.1 Å². The van der Waals surface area contributed by atoms with E-state index >= 15 is 0 Å². The topological polar surface area (TPSA) is 84.2 Å². The summed E-state index contributed by atoms with van der Waals surface area (Å²) in [4.78, 5) is 22.0. The van der Waals surface area contributed by atoms with E-state index in [-0.39, 0.29) is 12.7 Å². The molecule has 2 aromatic carbocycles. The highest BCUT2D eigenvalue weighted by Crippen LogP contribution is 2.13. The van der Waals surface area contributed by atoms with Crippen LogP contribution in [0.1, 0.15) is 24.2 Å². The molecule has 1 amide bonds. The molecule has 0 bridgehead atoms. The number of ether oxygens (including phenoxy) is 1. The van der Waals surface area contributed by atoms with Gasteiger partial charge < -0.3 is 20.4 Å². The first kappa shape index (κ1) is 17.9. The van der Waals surface area contributed by atoms with Gasteiger partial charge in [0.25, 0.3) is 0 Å². The minimum atomic E-state index is -0.341. The van der Waals surface area contributed by atoms with Gasteiger partial charge in [-0.3, -0.25) is 0 Å². The van der Waals surface area contributed by atoms with E-state index in [4.69, 9.17) is 10.5 Å². The fourth-order valence-corrected chi connectivity index (χ4v) is 2.75. The number of imidazole rings is 1. The molecule has 3 aromatic rings. The highest BCUT2D eigenvalue weighted by atomic mass is 16.6. The molecule has 0 radical (unpaired) electrons. The number of unbranched alkanes of at least 4 members (excludes halogenated alkanes) is 1. The molecular weight excluding hydrogens is 328 g/mol. The van der Waals surface area contributed by atoms with Crippen LogP contribution in [0.15, 0.2) is 54.6 Å². The summed E-state index contributed by atoms with van der Waals surface area (Å²) in [7, 11) is 0. The van der Waals surface area contributed by atoms with Crippen LogP contribution in [0.4, 0.5) is 4.79 Å². The number of nitrogens with zero attached hydrogens (tertiary/aromatic N) is 2. The molecule has 26 heavy (non-hydrogen) atoms. The molecule has 6 nitrogen and oxygen atoms in total. The maximum Gasteiger partial charge on any atom is 0.410 e. The van der Waals surface area contributed by atoms with Crippen LogP contribution in [0.3, 0.4) is 0 Å². The fourth-order valence-electron chi connectivity index (χ4n) is 2.75. The number of aromatic nitrogens is 2. The van der Waals surface area contributed by atoms with Gasteiger partial charge in [0.15, 0.2) is 0 Å². The van der Waals surface area contributed by atoms with Crippen molar-refractivity contribution in [2.24, 2.45) is 5.73 Å². The number of carbonyl (C=O) groups is 1. The van der Waals surface area contributed by atoms with Crippen LogP contribution in [0.2, 0.25) is 0 Å². The van der Waals surface area contributed by atoms with Crippen molar-refractivity contribution >= 4 is 17.1 Å². The third kappa shape index (κ3) is 4.83. The Balaban J connectivity index is 1.65. The first-order valence-electron chi connectivity index (χ1n) is 8.85. The van der Waals surface area contributed by atoms with Gasteiger partial charge in [-0.25, -0.2) is 9.78 Å². The number of para-hydroxylation sites is 2. The summed E-state index contributed by atoms with van der Waals surface area (Å²) in [5.41, 5.74) is 8.39. The monoisotopic (exact) mass is 352 g/mol. The molecule has 1 heterocycles. The fraction of sp³-hybridized carbons (Fsp3) is 0.300. The van der Waals surface area contributed by atoms with E-state index in [1.165, 1.54) is 0 Å². The number of carbonyl (C=O) groups excluding carboxylic acids is 1. The molecule has 0 aliphatic heterocycles. The summed E-state index contributed by atoms with van der Waals surface area (Å²) in [5.74, 6) is 0.746. The van der Waals surface area contributed by atoms with Gasteiger partial charge in [0.2, 0.25) is 0 Å². The third-order valence-electron chi connectivity index (χ3n) is 4.12.